The first-order valence-electron chi connectivity index (χ1n) is 5.46. The second-order valence-corrected chi connectivity index (χ2v) is 5.40. The van der Waals surface area contributed by atoms with Crippen LogP contribution in [0.5, 0.6) is 0 Å². The summed E-state index contributed by atoms with van der Waals surface area (Å²) >= 11 is 1.80. The van der Waals surface area contributed by atoms with E-state index in [-0.39, 0.29) is 0 Å². The fraction of sp³-hybridized carbons (Fsp3) is 0.636. The van der Waals surface area contributed by atoms with Crippen molar-refractivity contribution in [1.29, 1.82) is 0 Å². The van der Waals surface area contributed by atoms with Gasteiger partial charge in [0.05, 0.1) is 0 Å². The lowest BCUT2D eigenvalue weighted by Crippen LogP contribution is -2.27. The smallest absolute Gasteiger partial charge is 0.187 e. The molecule has 15 heavy (non-hydrogen) atoms. The minimum atomic E-state index is 0.417. The van der Waals surface area contributed by atoms with Crippen molar-refractivity contribution in [3.05, 3.63) is 18.0 Å². The topological polar surface area (TPSA) is 51.8 Å². The number of nitrogens with zero attached hydrogens (tertiary/aromatic N) is 2. The fourth-order valence-electron chi connectivity index (χ4n) is 1.84. The van der Waals surface area contributed by atoms with Gasteiger partial charge in [-0.25, -0.2) is 9.97 Å². The molecule has 0 bridgehead atoms. The van der Waals surface area contributed by atoms with E-state index < -0.39 is 0 Å². The van der Waals surface area contributed by atoms with E-state index in [0.29, 0.717) is 11.3 Å². The normalized spacial score (nSPS) is 26.5. The minimum Gasteiger partial charge on any atom is -0.328 e. The van der Waals surface area contributed by atoms with Crippen molar-refractivity contribution in [1.82, 2.24) is 9.97 Å². The van der Waals surface area contributed by atoms with E-state index in [1.807, 2.05) is 19.2 Å². The molecule has 2 N–H and O–H groups in total. The molecular weight excluding hydrogens is 206 g/mol. The summed E-state index contributed by atoms with van der Waals surface area (Å²) in [5, 5.41) is 1.57. The van der Waals surface area contributed by atoms with Crippen molar-refractivity contribution in [2.24, 2.45) is 5.73 Å². The molecule has 1 heterocycles. The highest BCUT2D eigenvalue weighted by molar-refractivity contribution is 7.99. The summed E-state index contributed by atoms with van der Waals surface area (Å²) in [6.07, 6.45) is 6.51. The van der Waals surface area contributed by atoms with Gasteiger partial charge in [-0.2, -0.15) is 0 Å². The first kappa shape index (κ1) is 10.9. The number of rotatable bonds is 2. The highest BCUT2D eigenvalue weighted by Crippen LogP contribution is 2.31. The van der Waals surface area contributed by atoms with Crippen molar-refractivity contribution in [2.75, 3.05) is 0 Å². The highest BCUT2D eigenvalue weighted by Gasteiger charge is 2.20. The van der Waals surface area contributed by atoms with E-state index in [4.69, 9.17) is 5.73 Å². The van der Waals surface area contributed by atoms with Gasteiger partial charge in [0.2, 0.25) is 0 Å². The van der Waals surface area contributed by atoms with Gasteiger partial charge in [-0.3, -0.25) is 0 Å². The summed E-state index contributed by atoms with van der Waals surface area (Å²) in [6.45, 7) is 2.00. The van der Waals surface area contributed by atoms with Gasteiger partial charge >= 0.3 is 0 Å². The standard InChI is InChI=1S/C11H17N3S/c1-8-6-7-13-11(14-8)15-10-4-2-9(12)3-5-10/h6-7,9-10H,2-5,12H2,1H3. The molecule has 1 aliphatic rings. The van der Waals surface area contributed by atoms with Crippen molar-refractivity contribution in [3.8, 4) is 0 Å². The van der Waals surface area contributed by atoms with Crippen molar-refractivity contribution >= 4 is 11.8 Å². The van der Waals surface area contributed by atoms with Gasteiger partial charge in [0, 0.05) is 23.2 Å². The summed E-state index contributed by atoms with van der Waals surface area (Å²) in [6, 6.07) is 2.35. The summed E-state index contributed by atoms with van der Waals surface area (Å²) in [5.41, 5.74) is 6.92. The van der Waals surface area contributed by atoms with Crippen LogP contribution in [0.25, 0.3) is 0 Å². The summed E-state index contributed by atoms with van der Waals surface area (Å²) in [7, 11) is 0. The Hall–Kier alpha value is -0.610. The van der Waals surface area contributed by atoms with E-state index in [1.54, 1.807) is 11.8 Å². The zero-order valence-electron chi connectivity index (χ0n) is 9.02. The lowest BCUT2D eigenvalue weighted by molar-refractivity contribution is 0.450. The van der Waals surface area contributed by atoms with Crippen molar-refractivity contribution in [2.45, 2.75) is 49.1 Å². The average molecular weight is 223 g/mol. The molecule has 0 aromatic carbocycles. The molecule has 1 saturated carbocycles. The maximum absolute atomic E-state index is 5.87. The summed E-state index contributed by atoms with van der Waals surface area (Å²) in [5.74, 6) is 0. The van der Waals surface area contributed by atoms with E-state index >= 15 is 0 Å². The largest absolute Gasteiger partial charge is 0.328 e. The van der Waals surface area contributed by atoms with E-state index in [9.17, 15) is 0 Å². The van der Waals surface area contributed by atoms with Crippen LogP contribution >= 0.6 is 11.8 Å². The SMILES string of the molecule is Cc1ccnc(SC2CCC(N)CC2)n1. The lowest BCUT2D eigenvalue weighted by atomic mass is 9.96. The van der Waals surface area contributed by atoms with Gasteiger partial charge in [0.25, 0.3) is 0 Å². The minimum absolute atomic E-state index is 0.417. The predicted octanol–water partition coefficient (Wildman–Crippen LogP) is 2.15. The van der Waals surface area contributed by atoms with Crippen LogP contribution in [0.2, 0.25) is 0 Å². The average Bonchev–Trinajstić information content (AvgIpc) is 2.22. The number of hydrogen-bond donors (Lipinski definition) is 1. The molecular formula is C11H17N3S. The van der Waals surface area contributed by atoms with Gasteiger partial charge in [-0.05, 0) is 38.7 Å². The highest BCUT2D eigenvalue weighted by atomic mass is 32.2. The van der Waals surface area contributed by atoms with Gasteiger partial charge in [0.1, 0.15) is 0 Å². The third-order valence-electron chi connectivity index (χ3n) is 2.76. The number of nitrogens with two attached hydrogens (primary N) is 1. The zero-order valence-corrected chi connectivity index (χ0v) is 9.83. The first-order chi connectivity index (χ1) is 7.24. The fourth-order valence-corrected chi connectivity index (χ4v) is 2.96. The molecule has 1 aromatic heterocycles. The number of hydrogen-bond acceptors (Lipinski definition) is 4. The van der Waals surface area contributed by atoms with Gasteiger partial charge in [-0.15, -0.1) is 0 Å². The molecule has 1 aliphatic carbocycles. The van der Waals surface area contributed by atoms with Crippen LogP contribution in [0.15, 0.2) is 17.4 Å². The maximum atomic E-state index is 5.87. The Morgan fingerprint density at radius 1 is 1.33 bits per heavy atom. The quantitative estimate of drug-likeness (QED) is 0.780. The molecule has 1 fully saturated rings. The molecule has 0 unspecified atom stereocenters. The van der Waals surface area contributed by atoms with Crippen molar-refractivity contribution in [3.63, 3.8) is 0 Å². The van der Waals surface area contributed by atoms with E-state index in [0.717, 1.165) is 23.7 Å². The van der Waals surface area contributed by atoms with E-state index in [1.165, 1.54) is 12.8 Å². The van der Waals surface area contributed by atoms with Gasteiger partial charge in [0.15, 0.2) is 5.16 Å². The number of thioether (sulfide) groups is 1. The van der Waals surface area contributed by atoms with Crippen LogP contribution in [0.3, 0.4) is 0 Å². The molecule has 0 radical (unpaired) electrons. The molecule has 4 heteroatoms. The molecule has 2 rings (SSSR count). The Morgan fingerprint density at radius 2 is 2.07 bits per heavy atom. The number of aryl methyl sites for hydroxylation is 1. The van der Waals surface area contributed by atoms with Crippen LogP contribution < -0.4 is 5.73 Å². The molecule has 0 aliphatic heterocycles. The predicted molar refractivity (Wildman–Crippen MR) is 62.9 cm³/mol. The molecule has 0 amide bonds. The Balaban J connectivity index is 1.92. The molecule has 1 aromatic rings. The molecule has 3 nitrogen and oxygen atoms in total. The summed E-state index contributed by atoms with van der Waals surface area (Å²) in [4.78, 5) is 8.68. The Labute approximate surface area is 94.9 Å². The second-order valence-electron chi connectivity index (χ2n) is 4.14. The van der Waals surface area contributed by atoms with Gasteiger partial charge in [-0.1, -0.05) is 11.8 Å². The zero-order chi connectivity index (χ0) is 10.7. The lowest BCUT2D eigenvalue weighted by Gasteiger charge is -2.24. The first-order valence-corrected chi connectivity index (χ1v) is 6.34. The van der Waals surface area contributed by atoms with Crippen LogP contribution in [-0.4, -0.2) is 21.3 Å². The Morgan fingerprint density at radius 3 is 2.73 bits per heavy atom. The van der Waals surface area contributed by atoms with Crippen LogP contribution in [0, 0.1) is 6.92 Å². The van der Waals surface area contributed by atoms with E-state index in [2.05, 4.69) is 9.97 Å². The van der Waals surface area contributed by atoms with Crippen molar-refractivity contribution < 1.29 is 0 Å². The summed E-state index contributed by atoms with van der Waals surface area (Å²) < 4.78 is 0. The van der Waals surface area contributed by atoms with Crippen LogP contribution in [0.1, 0.15) is 31.4 Å². The monoisotopic (exact) mass is 223 g/mol. The third kappa shape index (κ3) is 3.18. The second kappa shape index (κ2) is 4.94. The molecule has 0 saturated heterocycles. The molecule has 82 valence electrons. The Bertz CT molecular complexity index is 321. The third-order valence-corrected chi connectivity index (χ3v) is 3.98. The molecule has 0 spiro atoms. The Kier molecular flexibility index (Phi) is 3.59. The maximum Gasteiger partial charge on any atom is 0.187 e. The number of aromatic nitrogens is 2. The molecule has 0 atom stereocenters. The van der Waals surface area contributed by atoms with Crippen LogP contribution in [0.4, 0.5) is 0 Å². The van der Waals surface area contributed by atoms with Gasteiger partial charge < -0.3 is 5.73 Å². The van der Waals surface area contributed by atoms with Crippen LogP contribution in [-0.2, 0) is 0 Å².